The van der Waals surface area contributed by atoms with Gasteiger partial charge in [-0.15, -0.1) is 6.58 Å². The molecule has 0 saturated heterocycles. The van der Waals surface area contributed by atoms with Crippen LogP contribution < -0.4 is 9.54 Å². The number of hydrogen-bond acceptors (Lipinski definition) is 5. The monoisotopic (exact) mass is 383 g/mol. The quantitative estimate of drug-likeness (QED) is 0.366. The fourth-order valence-corrected chi connectivity index (χ4v) is 3.59. The minimum atomic E-state index is -0.447. The van der Waals surface area contributed by atoms with Gasteiger partial charge in [-0.25, -0.2) is 0 Å². The van der Waals surface area contributed by atoms with E-state index in [4.69, 9.17) is 4.74 Å². The lowest BCUT2D eigenvalue weighted by molar-refractivity contribution is -0.384. The molecule has 0 aliphatic heterocycles. The van der Waals surface area contributed by atoms with Crippen molar-refractivity contribution in [1.29, 1.82) is 0 Å². The molecule has 0 N–H and O–H groups in total. The van der Waals surface area contributed by atoms with Crippen LogP contribution >= 0.6 is 11.3 Å². The first-order valence-electron chi connectivity index (χ1n) is 8.24. The summed E-state index contributed by atoms with van der Waals surface area (Å²) in [6.07, 6.45) is 1.66. The van der Waals surface area contributed by atoms with Crippen molar-refractivity contribution in [2.75, 3.05) is 6.61 Å². The molecule has 0 fully saturated rings. The van der Waals surface area contributed by atoms with Crippen LogP contribution in [-0.4, -0.2) is 22.0 Å². The number of carbonyl (C=O) groups excluding carboxylic acids is 1. The molecule has 138 valence electrons. The van der Waals surface area contributed by atoms with E-state index in [1.165, 1.54) is 23.5 Å². The van der Waals surface area contributed by atoms with E-state index in [2.05, 4.69) is 11.6 Å². The zero-order valence-electron chi connectivity index (χ0n) is 14.6. The Labute approximate surface area is 159 Å². The third kappa shape index (κ3) is 3.95. The number of amides is 1. The predicted octanol–water partition coefficient (Wildman–Crippen LogP) is 3.94. The van der Waals surface area contributed by atoms with E-state index in [0.29, 0.717) is 34.8 Å². The number of nitro groups is 1. The topological polar surface area (TPSA) is 86.7 Å². The fraction of sp³-hybridized carbons (Fsp3) is 0.158. The number of non-ortho nitro benzene ring substituents is 1. The normalized spacial score (nSPS) is 11.5. The lowest BCUT2D eigenvalue weighted by Crippen LogP contribution is -2.16. The van der Waals surface area contributed by atoms with Gasteiger partial charge in [0.1, 0.15) is 5.75 Å². The molecule has 3 rings (SSSR count). The summed E-state index contributed by atoms with van der Waals surface area (Å²) < 4.78 is 7.92. The van der Waals surface area contributed by atoms with Crippen molar-refractivity contribution in [3.05, 3.63) is 75.6 Å². The first kappa shape index (κ1) is 18.5. The number of carbonyl (C=O) groups is 1. The van der Waals surface area contributed by atoms with Crippen LogP contribution in [0.1, 0.15) is 17.3 Å². The van der Waals surface area contributed by atoms with Gasteiger partial charge in [-0.3, -0.25) is 14.9 Å². The van der Waals surface area contributed by atoms with E-state index < -0.39 is 10.8 Å². The largest absolute Gasteiger partial charge is 0.494 e. The molecule has 0 saturated carbocycles. The lowest BCUT2D eigenvalue weighted by Gasteiger charge is -2.03. The number of allylic oxidation sites excluding steroid dienone is 1. The predicted molar refractivity (Wildman–Crippen MR) is 104 cm³/mol. The summed E-state index contributed by atoms with van der Waals surface area (Å²) in [4.78, 5) is 27.8. The van der Waals surface area contributed by atoms with Crippen LogP contribution in [0.4, 0.5) is 5.69 Å². The molecule has 0 atom stereocenters. The average Bonchev–Trinajstić information content (AvgIpc) is 2.99. The van der Waals surface area contributed by atoms with E-state index in [1.54, 1.807) is 41.0 Å². The van der Waals surface area contributed by atoms with Crippen molar-refractivity contribution in [2.24, 2.45) is 4.99 Å². The Kier molecular flexibility index (Phi) is 5.46. The van der Waals surface area contributed by atoms with Gasteiger partial charge in [0.2, 0.25) is 0 Å². The van der Waals surface area contributed by atoms with Gasteiger partial charge in [0.05, 0.1) is 21.7 Å². The van der Waals surface area contributed by atoms with Crippen LogP contribution in [0.5, 0.6) is 5.75 Å². The van der Waals surface area contributed by atoms with Crippen LogP contribution in [0.25, 0.3) is 10.2 Å². The molecule has 0 unspecified atom stereocenters. The standard InChI is InChI=1S/C19H17N3O4S/c1-3-11-21-16-12-14(22(24)25)7-10-17(16)27-19(21)20-18(23)13-5-8-15(9-6-13)26-4-2/h3,5-10,12H,1,4,11H2,2H3. The molecule has 3 aromatic rings. The van der Waals surface area contributed by atoms with E-state index >= 15 is 0 Å². The second-order valence-corrected chi connectivity index (χ2v) is 6.58. The zero-order valence-corrected chi connectivity index (χ0v) is 15.4. The summed E-state index contributed by atoms with van der Waals surface area (Å²) in [5.74, 6) is 0.293. The van der Waals surface area contributed by atoms with E-state index in [-0.39, 0.29) is 5.69 Å². The molecular weight excluding hydrogens is 366 g/mol. The highest BCUT2D eigenvalue weighted by Gasteiger charge is 2.13. The maximum Gasteiger partial charge on any atom is 0.279 e. The molecule has 1 aromatic heterocycles. The molecule has 1 amide bonds. The third-order valence-corrected chi connectivity index (χ3v) is 4.86. The number of aromatic nitrogens is 1. The molecule has 0 radical (unpaired) electrons. The highest BCUT2D eigenvalue weighted by atomic mass is 32.1. The number of rotatable bonds is 6. The number of nitrogens with zero attached hydrogens (tertiary/aromatic N) is 3. The number of fused-ring (bicyclic) bond motifs is 1. The minimum Gasteiger partial charge on any atom is -0.494 e. The Balaban J connectivity index is 2.06. The minimum absolute atomic E-state index is 0.0116. The Bertz CT molecular complexity index is 1080. The van der Waals surface area contributed by atoms with E-state index in [0.717, 1.165) is 4.70 Å². The van der Waals surface area contributed by atoms with Crippen molar-refractivity contribution in [1.82, 2.24) is 4.57 Å². The van der Waals surface area contributed by atoms with Crippen molar-refractivity contribution in [3.8, 4) is 5.75 Å². The molecule has 0 spiro atoms. The first-order valence-corrected chi connectivity index (χ1v) is 9.05. The molecule has 7 nitrogen and oxygen atoms in total. The van der Waals surface area contributed by atoms with Crippen LogP contribution in [-0.2, 0) is 6.54 Å². The number of hydrogen-bond donors (Lipinski definition) is 0. The molecule has 27 heavy (non-hydrogen) atoms. The van der Waals surface area contributed by atoms with Crippen LogP contribution in [0, 0.1) is 10.1 Å². The average molecular weight is 383 g/mol. The van der Waals surface area contributed by atoms with Gasteiger partial charge < -0.3 is 9.30 Å². The van der Waals surface area contributed by atoms with Gasteiger partial charge >= 0.3 is 0 Å². The highest BCUT2D eigenvalue weighted by molar-refractivity contribution is 7.16. The zero-order chi connectivity index (χ0) is 19.4. The summed E-state index contributed by atoms with van der Waals surface area (Å²) in [7, 11) is 0. The Morgan fingerprint density at radius 2 is 2.07 bits per heavy atom. The maximum atomic E-state index is 12.5. The lowest BCUT2D eigenvalue weighted by atomic mass is 10.2. The van der Waals surface area contributed by atoms with Gasteiger partial charge in [0.15, 0.2) is 4.80 Å². The maximum absolute atomic E-state index is 12.5. The second-order valence-electron chi connectivity index (χ2n) is 5.57. The van der Waals surface area contributed by atoms with Crippen molar-refractivity contribution in [2.45, 2.75) is 13.5 Å². The summed E-state index contributed by atoms with van der Waals surface area (Å²) in [6, 6.07) is 11.3. The van der Waals surface area contributed by atoms with Gasteiger partial charge in [-0.1, -0.05) is 17.4 Å². The number of benzene rings is 2. The van der Waals surface area contributed by atoms with Crippen LogP contribution in [0.15, 0.2) is 60.1 Å². The number of nitro benzene ring substituents is 1. The summed E-state index contributed by atoms with van der Waals surface area (Å²) in [5, 5.41) is 11.0. The molecule has 0 aliphatic carbocycles. The van der Waals surface area contributed by atoms with Crippen molar-refractivity contribution >= 4 is 33.1 Å². The fourth-order valence-electron chi connectivity index (χ4n) is 2.57. The van der Waals surface area contributed by atoms with E-state index in [1.807, 2.05) is 6.92 Å². The summed E-state index contributed by atoms with van der Waals surface area (Å²) in [6.45, 7) is 6.54. The van der Waals surface area contributed by atoms with Gasteiger partial charge in [0, 0.05) is 24.2 Å². The smallest absolute Gasteiger partial charge is 0.279 e. The molecule has 0 aliphatic rings. The number of ether oxygens (including phenoxy) is 1. The van der Waals surface area contributed by atoms with Gasteiger partial charge in [0.25, 0.3) is 11.6 Å². The van der Waals surface area contributed by atoms with Crippen molar-refractivity contribution < 1.29 is 14.5 Å². The molecular formula is C19H17N3O4S. The highest BCUT2D eigenvalue weighted by Crippen LogP contribution is 2.23. The second kappa shape index (κ2) is 7.96. The van der Waals surface area contributed by atoms with Crippen LogP contribution in [0.3, 0.4) is 0 Å². The van der Waals surface area contributed by atoms with Crippen LogP contribution in [0.2, 0.25) is 0 Å². The molecule has 0 bridgehead atoms. The summed E-state index contributed by atoms with van der Waals surface area (Å²) >= 11 is 1.30. The third-order valence-electron chi connectivity index (χ3n) is 3.80. The first-order chi connectivity index (χ1) is 13.0. The number of thiazole rings is 1. The Morgan fingerprint density at radius 3 is 2.70 bits per heavy atom. The molecule has 1 heterocycles. The van der Waals surface area contributed by atoms with Gasteiger partial charge in [-0.2, -0.15) is 4.99 Å². The molecule has 8 heteroatoms. The van der Waals surface area contributed by atoms with Crippen molar-refractivity contribution in [3.63, 3.8) is 0 Å². The molecule has 2 aromatic carbocycles. The Morgan fingerprint density at radius 1 is 1.33 bits per heavy atom. The van der Waals surface area contributed by atoms with Gasteiger partial charge in [-0.05, 0) is 37.3 Å². The SMILES string of the molecule is C=CCn1c(=NC(=O)c2ccc(OCC)cc2)sc2ccc([N+](=O)[O-])cc21. The Hall–Kier alpha value is -3.26. The van der Waals surface area contributed by atoms with E-state index in [9.17, 15) is 14.9 Å². The summed E-state index contributed by atoms with van der Waals surface area (Å²) in [5.41, 5.74) is 1.07.